The summed E-state index contributed by atoms with van der Waals surface area (Å²) in [7, 11) is 0. The van der Waals surface area contributed by atoms with Crippen molar-refractivity contribution in [1.29, 1.82) is 0 Å². The van der Waals surface area contributed by atoms with Gasteiger partial charge in [0.25, 0.3) is 0 Å². The molecule has 4 heteroatoms. The number of hydrogen-bond donors (Lipinski definition) is 2. The second-order valence-electron chi connectivity index (χ2n) is 4.52. The van der Waals surface area contributed by atoms with E-state index in [1.165, 1.54) is 12.1 Å². The summed E-state index contributed by atoms with van der Waals surface area (Å²) in [6, 6.07) is 13.2. The van der Waals surface area contributed by atoms with Crippen molar-refractivity contribution in [2.24, 2.45) is 0 Å². The van der Waals surface area contributed by atoms with Gasteiger partial charge in [-0.15, -0.1) is 0 Å². The first-order valence-corrected chi connectivity index (χ1v) is 6.41. The lowest BCUT2D eigenvalue weighted by Crippen LogP contribution is -2.14. The maximum Gasteiger partial charge on any atom is 0.228 e. The van der Waals surface area contributed by atoms with Crippen molar-refractivity contribution in [3.05, 3.63) is 65.5 Å². The van der Waals surface area contributed by atoms with Crippen molar-refractivity contribution in [2.75, 3.05) is 11.9 Å². The molecule has 0 spiro atoms. The highest BCUT2D eigenvalue weighted by molar-refractivity contribution is 5.92. The molecule has 2 aromatic rings. The first-order chi connectivity index (χ1) is 9.67. The van der Waals surface area contributed by atoms with Crippen LogP contribution in [-0.4, -0.2) is 17.6 Å². The van der Waals surface area contributed by atoms with Gasteiger partial charge in [-0.1, -0.05) is 24.3 Å². The predicted molar refractivity (Wildman–Crippen MR) is 76.0 cm³/mol. The zero-order chi connectivity index (χ0) is 14.4. The third-order valence-corrected chi connectivity index (χ3v) is 2.92. The van der Waals surface area contributed by atoms with E-state index in [9.17, 15) is 9.18 Å². The Morgan fingerprint density at radius 1 is 1.00 bits per heavy atom. The van der Waals surface area contributed by atoms with E-state index in [4.69, 9.17) is 5.11 Å². The van der Waals surface area contributed by atoms with E-state index in [1.807, 2.05) is 12.1 Å². The average molecular weight is 273 g/mol. The van der Waals surface area contributed by atoms with Crippen molar-refractivity contribution < 1.29 is 14.3 Å². The van der Waals surface area contributed by atoms with Crippen molar-refractivity contribution in [3.63, 3.8) is 0 Å². The molecule has 0 aromatic heterocycles. The van der Waals surface area contributed by atoms with Crippen LogP contribution in [0.15, 0.2) is 48.5 Å². The number of aliphatic hydroxyl groups excluding tert-OH is 1. The minimum Gasteiger partial charge on any atom is -0.396 e. The third kappa shape index (κ3) is 4.17. The van der Waals surface area contributed by atoms with Gasteiger partial charge in [-0.2, -0.15) is 0 Å². The molecule has 0 saturated heterocycles. The van der Waals surface area contributed by atoms with Gasteiger partial charge in [0.15, 0.2) is 0 Å². The monoisotopic (exact) mass is 273 g/mol. The summed E-state index contributed by atoms with van der Waals surface area (Å²) in [4.78, 5) is 11.8. The lowest BCUT2D eigenvalue weighted by atomic mass is 10.1. The summed E-state index contributed by atoms with van der Waals surface area (Å²) in [5.74, 6) is -0.458. The van der Waals surface area contributed by atoms with E-state index in [0.717, 1.165) is 11.1 Å². The van der Waals surface area contributed by atoms with E-state index >= 15 is 0 Å². The first kappa shape index (κ1) is 14.2. The third-order valence-electron chi connectivity index (χ3n) is 2.92. The second kappa shape index (κ2) is 6.82. The first-order valence-electron chi connectivity index (χ1n) is 6.41. The fourth-order valence-electron chi connectivity index (χ4n) is 1.88. The Balaban J connectivity index is 1.92. The number of benzene rings is 2. The van der Waals surface area contributed by atoms with Gasteiger partial charge in [0.1, 0.15) is 5.82 Å². The van der Waals surface area contributed by atoms with Crippen molar-refractivity contribution in [2.45, 2.75) is 12.8 Å². The molecule has 0 heterocycles. The Morgan fingerprint density at radius 2 is 1.60 bits per heavy atom. The Hall–Kier alpha value is -2.20. The van der Waals surface area contributed by atoms with E-state index in [1.54, 1.807) is 24.3 Å². The highest BCUT2D eigenvalue weighted by Gasteiger charge is 2.04. The maximum absolute atomic E-state index is 12.8. The van der Waals surface area contributed by atoms with Crippen molar-refractivity contribution >= 4 is 11.6 Å². The number of anilines is 1. The van der Waals surface area contributed by atoms with Crippen LogP contribution in [0.1, 0.15) is 11.1 Å². The molecule has 2 rings (SSSR count). The smallest absolute Gasteiger partial charge is 0.228 e. The van der Waals surface area contributed by atoms with Gasteiger partial charge >= 0.3 is 0 Å². The van der Waals surface area contributed by atoms with Crippen LogP contribution < -0.4 is 5.32 Å². The Labute approximate surface area is 117 Å². The molecule has 0 atom stereocenters. The molecule has 1 amide bonds. The molecule has 0 radical (unpaired) electrons. The number of hydrogen-bond acceptors (Lipinski definition) is 2. The SMILES string of the molecule is O=C(Cc1ccc(F)cc1)Nc1ccc(CCO)cc1. The number of nitrogens with one attached hydrogen (secondary N) is 1. The quantitative estimate of drug-likeness (QED) is 0.879. The summed E-state index contributed by atoms with van der Waals surface area (Å²) in [6.45, 7) is 0.107. The Kier molecular flexibility index (Phi) is 4.85. The standard InChI is InChI=1S/C16H16FNO2/c17-14-5-1-13(2-6-14)11-16(20)18-15-7-3-12(4-8-15)9-10-19/h1-8,19H,9-11H2,(H,18,20). The number of carbonyl (C=O) groups is 1. The van der Waals surface area contributed by atoms with Crippen molar-refractivity contribution in [1.82, 2.24) is 0 Å². The number of halogens is 1. The van der Waals surface area contributed by atoms with Crippen LogP contribution in [0.25, 0.3) is 0 Å². The van der Waals surface area contributed by atoms with Crippen LogP contribution in [0.3, 0.4) is 0 Å². The summed E-state index contributed by atoms with van der Waals surface area (Å²) >= 11 is 0. The van der Waals surface area contributed by atoms with Gasteiger partial charge in [0.05, 0.1) is 6.42 Å². The van der Waals surface area contributed by atoms with Crippen LogP contribution in [0.2, 0.25) is 0 Å². The molecule has 3 nitrogen and oxygen atoms in total. The van der Waals surface area contributed by atoms with Crippen molar-refractivity contribution in [3.8, 4) is 0 Å². The van der Waals surface area contributed by atoms with E-state index in [2.05, 4.69) is 5.32 Å². The second-order valence-corrected chi connectivity index (χ2v) is 4.52. The average Bonchev–Trinajstić information content (AvgIpc) is 2.44. The van der Waals surface area contributed by atoms with Gasteiger partial charge in [-0.25, -0.2) is 4.39 Å². The Bertz CT molecular complexity index is 564. The van der Waals surface area contributed by atoms with Crippen LogP contribution in [0, 0.1) is 5.82 Å². The number of amides is 1. The van der Waals surface area contributed by atoms with Crippen LogP contribution in [0.5, 0.6) is 0 Å². The fraction of sp³-hybridized carbons (Fsp3) is 0.188. The lowest BCUT2D eigenvalue weighted by molar-refractivity contribution is -0.115. The Morgan fingerprint density at radius 3 is 2.20 bits per heavy atom. The summed E-state index contributed by atoms with van der Waals surface area (Å²) < 4.78 is 12.8. The number of carbonyl (C=O) groups excluding carboxylic acids is 1. The number of aliphatic hydroxyl groups is 1. The van der Waals surface area contributed by atoms with Gasteiger partial charge < -0.3 is 10.4 Å². The minimum absolute atomic E-state index is 0.107. The molecular formula is C16H16FNO2. The van der Waals surface area contributed by atoms with Gasteiger partial charge in [0, 0.05) is 12.3 Å². The highest BCUT2D eigenvalue weighted by Crippen LogP contribution is 2.11. The molecule has 0 bridgehead atoms. The maximum atomic E-state index is 12.8. The fourth-order valence-corrected chi connectivity index (χ4v) is 1.88. The molecule has 2 N–H and O–H groups in total. The molecule has 104 valence electrons. The zero-order valence-electron chi connectivity index (χ0n) is 11.0. The van der Waals surface area contributed by atoms with E-state index < -0.39 is 0 Å². The van der Waals surface area contributed by atoms with E-state index in [0.29, 0.717) is 12.1 Å². The largest absolute Gasteiger partial charge is 0.396 e. The van der Waals surface area contributed by atoms with Gasteiger partial charge in [-0.05, 0) is 41.8 Å². The summed E-state index contributed by atoms with van der Waals surface area (Å²) in [6.07, 6.45) is 0.808. The molecule has 0 aliphatic rings. The van der Waals surface area contributed by atoms with Gasteiger partial charge in [0.2, 0.25) is 5.91 Å². The predicted octanol–water partition coefficient (Wildman–Crippen LogP) is 2.54. The van der Waals surface area contributed by atoms with Crippen LogP contribution in [0.4, 0.5) is 10.1 Å². The van der Waals surface area contributed by atoms with Crippen LogP contribution in [-0.2, 0) is 17.6 Å². The topological polar surface area (TPSA) is 49.3 Å². The summed E-state index contributed by atoms with van der Waals surface area (Å²) in [5, 5.41) is 11.6. The molecule has 0 aliphatic carbocycles. The highest BCUT2D eigenvalue weighted by atomic mass is 19.1. The van der Waals surface area contributed by atoms with Crippen LogP contribution >= 0.6 is 0 Å². The minimum atomic E-state index is -0.311. The molecule has 0 fully saturated rings. The molecule has 0 aliphatic heterocycles. The molecule has 20 heavy (non-hydrogen) atoms. The molecular weight excluding hydrogens is 257 g/mol. The zero-order valence-corrected chi connectivity index (χ0v) is 11.0. The molecule has 2 aromatic carbocycles. The molecule has 0 unspecified atom stereocenters. The molecule has 0 saturated carbocycles. The number of rotatable bonds is 5. The normalized spacial score (nSPS) is 10.3. The summed E-state index contributed by atoms with van der Waals surface area (Å²) in [5.41, 5.74) is 2.49. The van der Waals surface area contributed by atoms with E-state index in [-0.39, 0.29) is 24.8 Å². The lowest BCUT2D eigenvalue weighted by Gasteiger charge is -2.06. The van der Waals surface area contributed by atoms with Gasteiger partial charge in [-0.3, -0.25) is 4.79 Å².